The second-order valence-corrected chi connectivity index (χ2v) is 6.66. The first-order chi connectivity index (χ1) is 11.8. The van der Waals surface area contributed by atoms with Gasteiger partial charge in [0.25, 0.3) is 0 Å². The Balaban J connectivity index is 2.77. The molecule has 2 aromatic carbocycles. The minimum atomic E-state index is -4.39. The van der Waals surface area contributed by atoms with E-state index in [0.29, 0.717) is 0 Å². The number of nitrogens with one attached hydrogen (secondary N) is 1. The van der Waals surface area contributed by atoms with Crippen LogP contribution in [-0.2, 0) is 19.6 Å². The molecule has 2 rings (SSSR count). The molecule has 0 aromatic heterocycles. The Morgan fingerprint density at radius 2 is 1.32 bits per heavy atom. The van der Waals surface area contributed by atoms with Crippen molar-refractivity contribution in [2.75, 3.05) is 6.54 Å². The fourth-order valence-corrected chi connectivity index (χ4v) is 3.59. The summed E-state index contributed by atoms with van der Waals surface area (Å²) in [6.45, 7) is -0.861. The van der Waals surface area contributed by atoms with E-state index < -0.39 is 39.0 Å². The van der Waals surface area contributed by atoms with Crippen molar-refractivity contribution >= 4 is 32.4 Å². The number of carboxylic acid groups (broad SMARTS) is 2. The zero-order chi connectivity index (χ0) is 18.4. The summed E-state index contributed by atoms with van der Waals surface area (Å²) in [6.07, 6.45) is 0. The first kappa shape index (κ1) is 18.4. The number of aliphatic carboxylic acids is 2. The molecule has 0 atom stereocenters. The molecule has 0 saturated carbocycles. The first-order valence-electron chi connectivity index (χ1n) is 7.13. The molecule has 0 aliphatic carbocycles. The zero-order valence-corrected chi connectivity index (χ0v) is 13.7. The maximum atomic E-state index is 12.7. The fourth-order valence-electron chi connectivity index (χ4n) is 2.21. The summed E-state index contributed by atoms with van der Waals surface area (Å²) in [5.41, 5.74) is -0.110. The third kappa shape index (κ3) is 4.52. The minimum absolute atomic E-state index is 0.140. The molecule has 0 fully saturated rings. The van der Waals surface area contributed by atoms with Gasteiger partial charge in [0, 0.05) is 0 Å². The molecule has 2 aromatic rings. The predicted octanol–water partition coefficient (Wildman–Crippen LogP) is 1.64. The summed E-state index contributed by atoms with van der Waals surface area (Å²) in [4.78, 5) is 22.1. The van der Waals surface area contributed by atoms with E-state index >= 15 is 0 Å². The van der Waals surface area contributed by atoms with Gasteiger partial charge < -0.3 is 10.2 Å². The molecule has 0 aliphatic rings. The Bertz CT molecular complexity index is 905. The predicted molar refractivity (Wildman–Crippen MR) is 91.9 cm³/mol. The molecule has 0 saturated heterocycles. The van der Waals surface area contributed by atoms with Crippen LogP contribution in [0.5, 0.6) is 0 Å². The zero-order valence-electron chi connectivity index (χ0n) is 12.9. The number of rotatable bonds is 7. The quantitative estimate of drug-likeness (QED) is 0.509. The van der Waals surface area contributed by atoms with Gasteiger partial charge in [-0.1, -0.05) is 60.7 Å². The molecule has 0 radical (unpaired) electrons. The SMILES string of the molecule is O=C(O)CNS(=O)(=O)/C(=C(\C(=O)O)c1ccccc1)c1ccccc1. The molecule has 8 heteroatoms. The highest BCUT2D eigenvalue weighted by Crippen LogP contribution is 2.30. The first-order valence-corrected chi connectivity index (χ1v) is 8.61. The Morgan fingerprint density at radius 3 is 1.76 bits per heavy atom. The Kier molecular flexibility index (Phi) is 5.68. The van der Waals surface area contributed by atoms with Gasteiger partial charge in [-0.25, -0.2) is 13.2 Å². The van der Waals surface area contributed by atoms with Crippen LogP contribution in [0.4, 0.5) is 0 Å². The van der Waals surface area contributed by atoms with E-state index in [1.54, 1.807) is 36.4 Å². The second kappa shape index (κ2) is 7.73. The lowest BCUT2D eigenvalue weighted by Crippen LogP contribution is -2.31. The van der Waals surface area contributed by atoms with Crippen molar-refractivity contribution in [1.82, 2.24) is 4.72 Å². The summed E-state index contributed by atoms with van der Waals surface area (Å²) >= 11 is 0. The topological polar surface area (TPSA) is 121 Å². The van der Waals surface area contributed by atoms with Gasteiger partial charge in [0.05, 0.1) is 5.57 Å². The van der Waals surface area contributed by atoms with Gasteiger partial charge in [0.15, 0.2) is 0 Å². The van der Waals surface area contributed by atoms with E-state index in [0.717, 1.165) is 0 Å². The van der Waals surface area contributed by atoms with E-state index in [9.17, 15) is 23.1 Å². The van der Waals surface area contributed by atoms with E-state index in [1.807, 2.05) is 4.72 Å². The molecule has 7 nitrogen and oxygen atoms in total. The number of hydrogen-bond donors (Lipinski definition) is 3. The molecular weight excluding hydrogens is 346 g/mol. The number of carboxylic acids is 2. The highest BCUT2D eigenvalue weighted by Gasteiger charge is 2.28. The highest BCUT2D eigenvalue weighted by molar-refractivity contribution is 7.99. The van der Waals surface area contributed by atoms with Crippen molar-refractivity contribution in [3.05, 3.63) is 71.8 Å². The van der Waals surface area contributed by atoms with Crippen molar-refractivity contribution in [3.8, 4) is 0 Å². The Hall–Kier alpha value is -2.97. The lowest BCUT2D eigenvalue weighted by atomic mass is 10.0. The average molecular weight is 361 g/mol. The second-order valence-electron chi connectivity index (χ2n) is 4.96. The monoisotopic (exact) mass is 361 g/mol. The Labute approximate surface area is 144 Å². The van der Waals surface area contributed by atoms with Gasteiger partial charge in [0.2, 0.25) is 10.0 Å². The molecular formula is C17H15NO6S. The normalized spacial score (nSPS) is 12.3. The smallest absolute Gasteiger partial charge is 0.337 e. The fraction of sp³-hybridized carbons (Fsp3) is 0.0588. The van der Waals surface area contributed by atoms with Crippen LogP contribution in [0.1, 0.15) is 11.1 Å². The van der Waals surface area contributed by atoms with Crippen LogP contribution >= 0.6 is 0 Å². The van der Waals surface area contributed by atoms with Gasteiger partial charge in [0.1, 0.15) is 11.4 Å². The summed E-state index contributed by atoms with van der Waals surface area (Å²) in [5.74, 6) is -2.82. The van der Waals surface area contributed by atoms with Crippen molar-refractivity contribution in [3.63, 3.8) is 0 Å². The molecule has 0 amide bonds. The molecule has 0 bridgehead atoms. The van der Waals surface area contributed by atoms with Crippen molar-refractivity contribution < 1.29 is 28.2 Å². The molecule has 3 N–H and O–H groups in total. The van der Waals surface area contributed by atoms with Gasteiger partial charge in [-0.2, -0.15) is 4.72 Å². The molecule has 0 heterocycles. The molecule has 130 valence electrons. The van der Waals surface area contributed by atoms with Crippen molar-refractivity contribution in [2.24, 2.45) is 0 Å². The van der Waals surface area contributed by atoms with E-state index in [-0.39, 0.29) is 11.1 Å². The van der Waals surface area contributed by atoms with Gasteiger partial charge in [-0.15, -0.1) is 0 Å². The summed E-state index contributed by atoms with van der Waals surface area (Å²) in [6, 6.07) is 15.4. The molecule has 0 aliphatic heterocycles. The summed E-state index contributed by atoms with van der Waals surface area (Å²) < 4.78 is 27.2. The van der Waals surface area contributed by atoms with Crippen molar-refractivity contribution in [2.45, 2.75) is 0 Å². The van der Waals surface area contributed by atoms with Crippen LogP contribution in [0, 0.1) is 0 Å². The number of benzene rings is 2. The van der Waals surface area contributed by atoms with Crippen LogP contribution in [0.3, 0.4) is 0 Å². The number of hydrogen-bond acceptors (Lipinski definition) is 4. The van der Waals surface area contributed by atoms with Gasteiger partial charge >= 0.3 is 11.9 Å². The Morgan fingerprint density at radius 1 is 0.840 bits per heavy atom. The standard InChI is InChI=1S/C17H15NO6S/c19-14(20)11-18-25(23,24)16(13-9-5-2-6-10-13)15(17(21)22)12-7-3-1-4-8-12/h1-10,18H,11H2,(H,19,20)(H,21,22)/b16-15-. The average Bonchev–Trinajstić information content (AvgIpc) is 2.59. The van der Waals surface area contributed by atoms with E-state index in [1.165, 1.54) is 24.3 Å². The minimum Gasteiger partial charge on any atom is -0.480 e. The lowest BCUT2D eigenvalue weighted by Gasteiger charge is -2.14. The van der Waals surface area contributed by atoms with E-state index in [4.69, 9.17) is 5.11 Å². The van der Waals surface area contributed by atoms with Crippen molar-refractivity contribution in [1.29, 1.82) is 0 Å². The van der Waals surface area contributed by atoms with Gasteiger partial charge in [-0.05, 0) is 11.1 Å². The molecule has 25 heavy (non-hydrogen) atoms. The van der Waals surface area contributed by atoms with E-state index in [2.05, 4.69) is 0 Å². The third-order valence-corrected chi connectivity index (χ3v) is 4.72. The summed E-state index contributed by atoms with van der Waals surface area (Å²) in [5, 5.41) is 18.4. The lowest BCUT2D eigenvalue weighted by molar-refractivity contribution is -0.135. The third-order valence-electron chi connectivity index (χ3n) is 3.22. The molecule has 0 spiro atoms. The highest BCUT2D eigenvalue weighted by atomic mass is 32.2. The van der Waals surface area contributed by atoms with Crippen LogP contribution in [0.2, 0.25) is 0 Å². The number of sulfonamides is 1. The van der Waals surface area contributed by atoms with Crippen LogP contribution in [0.15, 0.2) is 60.7 Å². The number of carbonyl (C=O) groups is 2. The van der Waals surface area contributed by atoms with Crippen LogP contribution in [-0.4, -0.2) is 37.1 Å². The molecule has 0 unspecified atom stereocenters. The van der Waals surface area contributed by atoms with Crippen LogP contribution < -0.4 is 4.72 Å². The van der Waals surface area contributed by atoms with Crippen LogP contribution in [0.25, 0.3) is 10.5 Å². The maximum Gasteiger partial charge on any atom is 0.337 e. The maximum absolute atomic E-state index is 12.7. The largest absolute Gasteiger partial charge is 0.480 e. The summed E-state index contributed by atoms with van der Waals surface area (Å²) in [7, 11) is -4.39. The van der Waals surface area contributed by atoms with Gasteiger partial charge in [-0.3, -0.25) is 4.79 Å².